The number of aromatic nitrogens is 1. The first-order chi connectivity index (χ1) is 16.0. The number of halogens is 2. The first-order valence-corrected chi connectivity index (χ1v) is 11.6. The second-order valence-electron chi connectivity index (χ2n) is 7.78. The summed E-state index contributed by atoms with van der Waals surface area (Å²) in [6.45, 7) is 1.15. The molecule has 5 rings (SSSR count). The summed E-state index contributed by atoms with van der Waals surface area (Å²) in [6.07, 6.45) is 2.02. The minimum atomic E-state index is -0.264. The molecule has 0 radical (unpaired) electrons. The molecule has 1 aliphatic heterocycles. The number of hydrogen-bond acceptors (Lipinski definition) is 2. The Morgan fingerprint density at radius 2 is 1.67 bits per heavy atom. The van der Waals surface area contributed by atoms with E-state index in [4.69, 9.17) is 11.6 Å². The first kappa shape index (κ1) is 21.5. The van der Waals surface area contributed by atoms with Crippen LogP contribution in [-0.2, 0) is 13.1 Å². The molecule has 0 spiro atoms. The van der Waals surface area contributed by atoms with E-state index >= 15 is 0 Å². The fourth-order valence-electron chi connectivity index (χ4n) is 4.02. The molecule has 2 heterocycles. The Labute approximate surface area is 204 Å². The van der Waals surface area contributed by atoms with Gasteiger partial charge in [-0.3, -0.25) is 9.59 Å². The predicted octanol–water partition coefficient (Wildman–Crippen LogP) is 6.37. The van der Waals surface area contributed by atoms with Crippen molar-refractivity contribution in [1.29, 1.82) is 0 Å². The van der Waals surface area contributed by atoms with Gasteiger partial charge in [0.25, 0.3) is 11.8 Å². The lowest BCUT2D eigenvalue weighted by atomic mass is 10.1. The van der Waals surface area contributed by atoms with Crippen molar-refractivity contribution >= 4 is 50.7 Å². The highest BCUT2D eigenvalue weighted by molar-refractivity contribution is 9.10. The maximum absolute atomic E-state index is 13.6. The van der Waals surface area contributed by atoms with Crippen LogP contribution < -0.4 is 10.2 Å². The predicted molar refractivity (Wildman–Crippen MR) is 134 cm³/mol. The average Bonchev–Trinajstić information content (AvgIpc) is 3.18. The maximum Gasteiger partial charge on any atom is 0.260 e. The zero-order valence-corrected chi connectivity index (χ0v) is 19.8. The van der Waals surface area contributed by atoms with Crippen LogP contribution in [0.5, 0.6) is 0 Å². The molecular formula is C26H19BrClN3O2. The maximum atomic E-state index is 13.6. The molecule has 33 heavy (non-hydrogen) atoms. The average molecular weight is 521 g/mol. The first-order valence-electron chi connectivity index (χ1n) is 10.4. The van der Waals surface area contributed by atoms with Crippen LogP contribution in [0.3, 0.4) is 0 Å². The van der Waals surface area contributed by atoms with Crippen molar-refractivity contribution in [3.8, 4) is 0 Å². The van der Waals surface area contributed by atoms with Crippen LogP contribution in [0.15, 0.2) is 89.5 Å². The number of carbonyl (C=O) groups excluding carboxylic acids is 2. The van der Waals surface area contributed by atoms with Crippen LogP contribution in [0, 0.1) is 0 Å². The van der Waals surface area contributed by atoms with Gasteiger partial charge in [0.15, 0.2) is 0 Å². The molecule has 0 unspecified atom stereocenters. The lowest BCUT2D eigenvalue weighted by Gasteiger charge is -2.23. The smallest absolute Gasteiger partial charge is 0.260 e. The third-order valence-corrected chi connectivity index (χ3v) is 6.69. The van der Waals surface area contributed by atoms with E-state index < -0.39 is 0 Å². The number of hydrogen-bond donors (Lipinski definition) is 1. The summed E-state index contributed by atoms with van der Waals surface area (Å²) in [4.78, 5) is 28.0. The van der Waals surface area contributed by atoms with Gasteiger partial charge in [-0.15, -0.1) is 0 Å². The van der Waals surface area contributed by atoms with Gasteiger partial charge in [-0.2, -0.15) is 0 Å². The molecular weight excluding hydrogens is 502 g/mol. The van der Waals surface area contributed by atoms with E-state index in [2.05, 4.69) is 25.8 Å². The van der Waals surface area contributed by atoms with Crippen molar-refractivity contribution in [1.82, 2.24) is 4.57 Å². The number of nitrogens with zero attached hydrogens (tertiary/aromatic N) is 2. The number of amides is 2. The topological polar surface area (TPSA) is 54.3 Å². The molecule has 2 amide bonds. The van der Waals surface area contributed by atoms with E-state index in [1.807, 2.05) is 48.7 Å². The molecule has 3 aromatic carbocycles. The Bertz CT molecular complexity index is 1380. The highest BCUT2D eigenvalue weighted by atomic mass is 79.9. The summed E-state index contributed by atoms with van der Waals surface area (Å²) in [5, 5.41) is 3.12. The van der Waals surface area contributed by atoms with Gasteiger partial charge in [0.05, 0.1) is 22.7 Å². The second-order valence-corrected chi connectivity index (χ2v) is 9.04. The van der Waals surface area contributed by atoms with E-state index in [0.717, 1.165) is 16.9 Å². The summed E-state index contributed by atoms with van der Waals surface area (Å²) >= 11 is 9.93. The molecule has 0 saturated carbocycles. The number of para-hydroxylation sites is 1. The van der Waals surface area contributed by atoms with Crippen LogP contribution in [0.2, 0.25) is 5.02 Å². The number of fused-ring (bicyclic) bond motifs is 2. The molecule has 0 bridgehead atoms. The van der Waals surface area contributed by atoms with Crippen LogP contribution in [-0.4, -0.2) is 16.4 Å². The molecule has 0 aliphatic carbocycles. The standard InChI is InChI=1S/C26H19BrClN3O2/c27-22-9-3-2-8-20(22)25(32)29-18-11-12-21(23(28)14-18)26(33)31-16-19-7-5-13-30(19)15-17-6-1-4-10-24(17)31/h1-14H,15-16H2,(H,29,32). The fourth-order valence-corrected chi connectivity index (χ4v) is 4.75. The molecule has 0 fully saturated rings. The summed E-state index contributed by atoms with van der Waals surface area (Å²) in [5.41, 5.74) is 4.39. The SMILES string of the molecule is O=C(Nc1ccc(C(=O)N2Cc3cccn3Cc3ccccc32)c(Cl)c1)c1ccccc1Br. The minimum Gasteiger partial charge on any atom is -0.345 e. The second kappa shape index (κ2) is 8.89. The molecule has 7 heteroatoms. The van der Waals surface area contributed by atoms with E-state index in [1.54, 1.807) is 41.3 Å². The van der Waals surface area contributed by atoms with Crippen LogP contribution in [0.1, 0.15) is 32.0 Å². The Hall–Kier alpha value is -3.35. The van der Waals surface area contributed by atoms with Gasteiger partial charge < -0.3 is 14.8 Å². The zero-order valence-electron chi connectivity index (χ0n) is 17.5. The number of benzene rings is 3. The van der Waals surface area contributed by atoms with Gasteiger partial charge in [-0.25, -0.2) is 0 Å². The monoisotopic (exact) mass is 519 g/mol. The number of anilines is 2. The Balaban J connectivity index is 1.43. The zero-order chi connectivity index (χ0) is 22.9. The van der Waals surface area contributed by atoms with Crippen molar-refractivity contribution in [2.24, 2.45) is 0 Å². The van der Waals surface area contributed by atoms with E-state index in [-0.39, 0.29) is 16.8 Å². The fraction of sp³-hybridized carbons (Fsp3) is 0.0769. The summed E-state index contributed by atoms with van der Waals surface area (Å²) in [5.74, 6) is -0.453. The van der Waals surface area contributed by atoms with Gasteiger partial charge >= 0.3 is 0 Å². The van der Waals surface area contributed by atoms with Crippen molar-refractivity contribution in [3.63, 3.8) is 0 Å². The largest absolute Gasteiger partial charge is 0.345 e. The van der Waals surface area contributed by atoms with E-state index in [0.29, 0.717) is 34.4 Å². The molecule has 0 saturated heterocycles. The summed E-state index contributed by atoms with van der Waals surface area (Å²) < 4.78 is 2.85. The van der Waals surface area contributed by atoms with E-state index in [9.17, 15) is 9.59 Å². The molecule has 164 valence electrons. The van der Waals surface area contributed by atoms with Gasteiger partial charge in [0.1, 0.15) is 0 Å². The van der Waals surface area contributed by atoms with Gasteiger partial charge in [0.2, 0.25) is 0 Å². The highest BCUT2D eigenvalue weighted by Gasteiger charge is 2.26. The van der Waals surface area contributed by atoms with Crippen molar-refractivity contribution in [2.75, 3.05) is 10.2 Å². The summed E-state index contributed by atoms with van der Waals surface area (Å²) in [7, 11) is 0. The van der Waals surface area contributed by atoms with Crippen LogP contribution >= 0.6 is 27.5 Å². The van der Waals surface area contributed by atoms with Gasteiger partial charge in [-0.05, 0) is 70.0 Å². The van der Waals surface area contributed by atoms with Crippen molar-refractivity contribution in [3.05, 3.63) is 117 Å². The normalized spacial score (nSPS) is 12.5. The Morgan fingerprint density at radius 3 is 2.48 bits per heavy atom. The molecule has 1 aromatic heterocycles. The molecule has 1 aliphatic rings. The molecule has 0 atom stereocenters. The van der Waals surface area contributed by atoms with Gasteiger partial charge in [0, 0.05) is 34.3 Å². The third kappa shape index (κ3) is 4.19. The third-order valence-electron chi connectivity index (χ3n) is 5.69. The quantitative estimate of drug-likeness (QED) is 0.341. The molecule has 1 N–H and O–H groups in total. The van der Waals surface area contributed by atoms with E-state index in [1.165, 1.54) is 0 Å². The number of carbonyl (C=O) groups is 2. The number of nitrogens with one attached hydrogen (secondary N) is 1. The van der Waals surface area contributed by atoms with Crippen LogP contribution in [0.25, 0.3) is 0 Å². The number of rotatable bonds is 3. The lowest BCUT2D eigenvalue weighted by Crippen LogP contribution is -2.30. The Kier molecular flexibility index (Phi) is 5.79. The van der Waals surface area contributed by atoms with Gasteiger partial charge in [-0.1, -0.05) is 41.9 Å². The van der Waals surface area contributed by atoms with Crippen LogP contribution in [0.4, 0.5) is 11.4 Å². The molecule has 5 nitrogen and oxygen atoms in total. The minimum absolute atomic E-state index is 0.189. The lowest BCUT2D eigenvalue weighted by molar-refractivity contribution is 0.0984. The highest BCUT2D eigenvalue weighted by Crippen LogP contribution is 2.31. The van der Waals surface area contributed by atoms with Crippen molar-refractivity contribution in [2.45, 2.75) is 13.1 Å². The molecule has 4 aromatic rings. The summed E-state index contributed by atoms with van der Waals surface area (Å²) in [6, 6.07) is 24.0. The Morgan fingerprint density at radius 1 is 0.879 bits per heavy atom. The van der Waals surface area contributed by atoms with Crippen molar-refractivity contribution < 1.29 is 9.59 Å².